The summed E-state index contributed by atoms with van der Waals surface area (Å²) in [6, 6.07) is 0. The molecule has 2 heteroatoms. The van der Waals surface area contributed by atoms with E-state index in [1.54, 1.807) is 0 Å². The average Bonchev–Trinajstić information content (AvgIpc) is 1.61. The van der Waals surface area contributed by atoms with Crippen LogP contribution in [0.15, 0.2) is 0 Å². The van der Waals surface area contributed by atoms with Crippen molar-refractivity contribution >= 4 is 0 Å². The van der Waals surface area contributed by atoms with E-state index in [1.807, 2.05) is 0 Å². The fourth-order valence-corrected chi connectivity index (χ4v) is 0.0975. The molecule has 0 aromatic carbocycles. The Morgan fingerprint density at radius 3 is 2.67 bits per heavy atom. The van der Waals surface area contributed by atoms with Gasteiger partial charge in [0.05, 0.1) is 0 Å². The summed E-state index contributed by atoms with van der Waals surface area (Å²) in [5, 5.41) is 0. The minimum atomic E-state index is -0.788. The molecule has 1 nitrogen and oxygen atoms in total. The van der Waals surface area contributed by atoms with Crippen molar-refractivity contribution < 1.29 is 9.13 Å². The lowest BCUT2D eigenvalue weighted by Crippen LogP contribution is -1.85. The van der Waals surface area contributed by atoms with Crippen molar-refractivity contribution in [3.8, 4) is 12.3 Å². The van der Waals surface area contributed by atoms with Gasteiger partial charge in [0, 0.05) is 0 Å². The molecule has 0 atom stereocenters. The van der Waals surface area contributed by atoms with Gasteiger partial charge < -0.3 is 4.74 Å². The lowest BCUT2D eigenvalue weighted by Gasteiger charge is -1.83. The van der Waals surface area contributed by atoms with Gasteiger partial charge in [-0.05, 0) is 0 Å². The molecule has 0 saturated carbocycles. The number of terminal acetylenes is 1. The quantitative estimate of drug-likeness (QED) is 0.353. The van der Waals surface area contributed by atoms with Crippen LogP contribution in [0.1, 0.15) is 0 Å². The highest BCUT2D eigenvalue weighted by Crippen LogP contribution is 1.68. The number of halogens is 1. The SMILES string of the molecule is C#CCOC[18F]. The van der Waals surface area contributed by atoms with Crippen LogP contribution in [0.3, 0.4) is 0 Å². The number of alkyl halides is 1. The van der Waals surface area contributed by atoms with Crippen LogP contribution in [0.4, 0.5) is 4.39 Å². The molecule has 0 aromatic rings. The summed E-state index contributed by atoms with van der Waals surface area (Å²) in [6.45, 7) is -0.722. The zero-order valence-electron chi connectivity index (χ0n) is 3.28. The van der Waals surface area contributed by atoms with Gasteiger partial charge in [-0.1, -0.05) is 5.92 Å². The summed E-state index contributed by atoms with van der Waals surface area (Å²) >= 11 is 0. The molecule has 0 rings (SSSR count). The van der Waals surface area contributed by atoms with Crippen molar-refractivity contribution in [3.05, 3.63) is 0 Å². The molecule has 0 aliphatic heterocycles. The summed E-state index contributed by atoms with van der Waals surface area (Å²) in [5.74, 6) is 2.11. The van der Waals surface area contributed by atoms with E-state index in [0.717, 1.165) is 0 Å². The fraction of sp³-hybridized carbons (Fsp3) is 0.500. The molecule has 0 unspecified atom stereocenters. The molecule has 0 aliphatic rings. The van der Waals surface area contributed by atoms with Crippen LogP contribution >= 0.6 is 0 Å². The maximum atomic E-state index is 10.9. The summed E-state index contributed by atoms with van der Waals surface area (Å²) in [7, 11) is 0. The van der Waals surface area contributed by atoms with Crippen LogP contribution < -0.4 is 0 Å². The Morgan fingerprint density at radius 2 is 2.50 bits per heavy atom. The van der Waals surface area contributed by atoms with Crippen molar-refractivity contribution in [2.75, 3.05) is 13.5 Å². The lowest BCUT2D eigenvalue weighted by molar-refractivity contribution is 0.0812. The van der Waals surface area contributed by atoms with E-state index >= 15 is 0 Å². The van der Waals surface area contributed by atoms with Gasteiger partial charge in [0.2, 0.25) is 0 Å². The molecule has 0 aliphatic carbocycles. The minimum Gasteiger partial charge on any atom is -0.338 e. The van der Waals surface area contributed by atoms with Gasteiger partial charge in [-0.25, -0.2) is 4.39 Å². The molecular weight excluding hydrogens is 82.0 g/mol. The first-order valence-electron chi connectivity index (χ1n) is 1.49. The number of hydrogen-bond acceptors (Lipinski definition) is 1. The molecule has 0 N–H and O–H groups in total. The van der Waals surface area contributed by atoms with E-state index in [0.29, 0.717) is 0 Å². The van der Waals surface area contributed by atoms with E-state index < -0.39 is 6.86 Å². The second-order valence-corrected chi connectivity index (χ2v) is 0.662. The van der Waals surface area contributed by atoms with Crippen LogP contribution in [0.2, 0.25) is 0 Å². The Kier molecular flexibility index (Phi) is 4.04. The monoisotopic (exact) mass is 87.0 g/mol. The molecule has 0 radical (unpaired) electrons. The van der Waals surface area contributed by atoms with Crippen LogP contribution in [0, 0.1) is 12.3 Å². The van der Waals surface area contributed by atoms with Crippen LogP contribution in [0.25, 0.3) is 0 Å². The smallest absolute Gasteiger partial charge is 0.189 e. The maximum Gasteiger partial charge on any atom is 0.189 e. The van der Waals surface area contributed by atoms with Crippen molar-refractivity contribution in [1.29, 1.82) is 0 Å². The van der Waals surface area contributed by atoms with E-state index in [-0.39, 0.29) is 6.61 Å². The summed E-state index contributed by atoms with van der Waals surface area (Å²) in [4.78, 5) is 0. The predicted octanol–water partition coefficient (Wildman–Crippen LogP) is 0.563. The van der Waals surface area contributed by atoms with Crippen LogP contribution in [-0.4, -0.2) is 13.5 Å². The van der Waals surface area contributed by atoms with Gasteiger partial charge >= 0.3 is 0 Å². The van der Waals surface area contributed by atoms with E-state index in [1.165, 1.54) is 0 Å². The molecule has 0 saturated heterocycles. The lowest BCUT2D eigenvalue weighted by atomic mass is 10.8. The highest BCUT2D eigenvalue weighted by atomic mass is 18.2. The third kappa shape index (κ3) is 3.45. The normalized spacial score (nSPS) is 7.33. The third-order valence-electron chi connectivity index (χ3n) is 0.263. The minimum absolute atomic E-state index is 0.0660. The third-order valence-corrected chi connectivity index (χ3v) is 0.263. The highest BCUT2D eigenvalue weighted by molar-refractivity contribution is 4.82. The molecule has 0 bridgehead atoms. The predicted molar refractivity (Wildman–Crippen MR) is 20.8 cm³/mol. The largest absolute Gasteiger partial charge is 0.338 e. The zero-order chi connectivity index (χ0) is 4.83. The van der Waals surface area contributed by atoms with Gasteiger partial charge in [-0.3, -0.25) is 0 Å². The van der Waals surface area contributed by atoms with Crippen LogP contribution in [-0.2, 0) is 4.74 Å². The number of hydrogen-bond donors (Lipinski definition) is 0. The van der Waals surface area contributed by atoms with Gasteiger partial charge in [-0.2, -0.15) is 0 Å². The summed E-state index contributed by atoms with van der Waals surface area (Å²) in [5.41, 5.74) is 0. The van der Waals surface area contributed by atoms with E-state index in [2.05, 4.69) is 17.1 Å². The highest BCUT2D eigenvalue weighted by Gasteiger charge is 1.71. The first-order chi connectivity index (χ1) is 2.91. The topological polar surface area (TPSA) is 9.23 Å². The van der Waals surface area contributed by atoms with Crippen molar-refractivity contribution in [2.45, 2.75) is 0 Å². The van der Waals surface area contributed by atoms with E-state index in [4.69, 9.17) is 0 Å². The molecule has 6 heavy (non-hydrogen) atoms. The number of ether oxygens (including phenoxy) is 1. The zero-order valence-corrected chi connectivity index (χ0v) is 3.28. The number of rotatable bonds is 2. The molecule has 0 aromatic heterocycles. The molecule has 34 valence electrons. The van der Waals surface area contributed by atoms with Crippen LogP contribution in [0.5, 0.6) is 0 Å². The Hall–Kier alpha value is -0.550. The standard InChI is InChI=1S/C4H5FO/c1-2-3-6-4-5/h1H,3-4H2/i5-1. The fourth-order valence-electron chi connectivity index (χ4n) is 0.0975. The Balaban J connectivity index is 2.54. The van der Waals surface area contributed by atoms with Gasteiger partial charge in [0.15, 0.2) is 6.86 Å². The molecule has 0 spiro atoms. The average molecular weight is 87.1 g/mol. The Labute approximate surface area is 36.1 Å². The summed E-state index contributed by atoms with van der Waals surface area (Å²) in [6.07, 6.45) is 4.67. The van der Waals surface area contributed by atoms with Crippen molar-refractivity contribution in [1.82, 2.24) is 0 Å². The van der Waals surface area contributed by atoms with Gasteiger partial charge in [0.1, 0.15) is 6.61 Å². The second-order valence-electron chi connectivity index (χ2n) is 0.662. The molecule has 0 heterocycles. The molecule has 0 fully saturated rings. The Morgan fingerprint density at radius 1 is 1.83 bits per heavy atom. The second kappa shape index (κ2) is 4.45. The van der Waals surface area contributed by atoms with Crippen molar-refractivity contribution in [2.24, 2.45) is 0 Å². The van der Waals surface area contributed by atoms with E-state index in [9.17, 15) is 4.39 Å². The molecule has 0 amide bonds. The maximum absolute atomic E-state index is 10.9. The van der Waals surface area contributed by atoms with Crippen molar-refractivity contribution in [3.63, 3.8) is 0 Å². The first kappa shape index (κ1) is 5.45. The van der Waals surface area contributed by atoms with Gasteiger partial charge in [-0.15, -0.1) is 6.42 Å². The first-order valence-corrected chi connectivity index (χ1v) is 1.49. The molecular formula is C4H5FO. The Bertz CT molecular complexity index is 55.1. The van der Waals surface area contributed by atoms with Gasteiger partial charge in [0.25, 0.3) is 0 Å². The summed E-state index contributed by atoms with van der Waals surface area (Å²) < 4.78 is 14.9.